The minimum Gasteiger partial charge on any atom is -0.457 e. The van der Waals surface area contributed by atoms with Gasteiger partial charge in [-0.15, -0.1) is 0 Å². The lowest BCUT2D eigenvalue weighted by Crippen LogP contribution is -2.28. The van der Waals surface area contributed by atoms with Gasteiger partial charge in [0, 0.05) is 34.7 Å². The predicted octanol–water partition coefficient (Wildman–Crippen LogP) is 6.59. The fraction of sp³-hybridized carbons (Fsp3) is 0.143. The molecule has 1 aliphatic heterocycles. The maximum Gasteiger partial charge on any atom is 0.229 e. The number of carbonyl (C=O) groups excluding carboxylic acids is 2. The number of nitrogens with zero attached hydrogens (tertiary/aromatic N) is 1. The van der Waals surface area contributed by atoms with Crippen LogP contribution in [0.15, 0.2) is 84.9 Å². The van der Waals surface area contributed by atoms with Gasteiger partial charge in [-0.1, -0.05) is 54.1 Å². The second-order valence-electron chi connectivity index (χ2n) is 8.38. The highest BCUT2D eigenvalue weighted by atomic mass is 35.5. The summed E-state index contributed by atoms with van der Waals surface area (Å²) in [5, 5.41) is 5.67. The number of halogens is 1. The Balaban J connectivity index is 1.25. The van der Waals surface area contributed by atoms with E-state index in [9.17, 15) is 9.59 Å². The highest BCUT2D eigenvalue weighted by Gasteiger charge is 2.35. The third-order valence-corrected chi connectivity index (χ3v) is 6.53. The molecule has 6 heteroatoms. The van der Waals surface area contributed by atoms with Crippen molar-refractivity contribution in [1.29, 1.82) is 0 Å². The van der Waals surface area contributed by atoms with Gasteiger partial charge in [-0.2, -0.15) is 0 Å². The van der Waals surface area contributed by atoms with E-state index in [1.165, 1.54) is 0 Å². The molecule has 0 spiro atoms. The van der Waals surface area contributed by atoms with Crippen LogP contribution in [0.25, 0.3) is 10.8 Å². The van der Waals surface area contributed by atoms with Gasteiger partial charge in [0.25, 0.3) is 0 Å². The number of hydrogen-bond acceptors (Lipinski definition) is 3. The van der Waals surface area contributed by atoms with Crippen LogP contribution in [0.2, 0.25) is 5.02 Å². The summed E-state index contributed by atoms with van der Waals surface area (Å²) in [5.74, 6) is 0.754. The first kappa shape index (κ1) is 22.0. The largest absolute Gasteiger partial charge is 0.457 e. The van der Waals surface area contributed by atoms with Crippen LogP contribution in [0.3, 0.4) is 0 Å². The first-order valence-corrected chi connectivity index (χ1v) is 11.5. The van der Waals surface area contributed by atoms with E-state index in [1.54, 1.807) is 23.1 Å². The molecule has 4 aromatic rings. The normalized spacial score (nSPS) is 15.5. The van der Waals surface area contributed by atoms with Crippen molar-refractivity contribution < 1.29 is 14.3 Å². The van der Waals surface area contributed by atoms with Crippen molar-refractivity contribution in [2.45, 2.75) is 13.3 Å². The van der Waals surface area contributed by atoms with Crippen LogP contribution in [0.1, 0.15) is 12.0 Å². The van der Waals surface area contributed by atoms with Gasteiger partial charge < -0.3 is 15.0 Å². The Bertz CT molecular complexity index is 1380. The van der Waals surface area contributed by atoms with Crippen molar-refractivity contribution in [3.05, 3.63) is 95.5 Å². The molecule has 0 aliphatic carbocycles. The standard InChI is InChI=1S/C28H23ClN2O3/c1-18-24(29)9-5-10-25(18)31-17-20(16-27(31)32)28(33)30-21-12-14-22(15-13-21)34-26-11-4-7-19-6-2-3-8-23(19)26/h2-15,20H,16-17H2,1H3,(H,30,33)/t20-/m0/s1. The molecule has 2 amide bonds. The van der Waals surface area contributed by atoms with Crippen LogP contribution in [-0.2, 0) is 9.59 Å². The summed E-state index contributed by atoms with van der Waals surface area (Å²) in [5.41, 5.74) is 2.24. The molecule has 170 valence electrons. The first-order valence-electron chi connectivity index (χ1n) is 11.1. The highest BCUT2D eigenvalue weighted by molar-refractivity contribution is 6.31. The second kappa shape index (κ2) is 9.20. The summed E-state index contributed by atoms with van der Waals surface area (Å²) in [4.78, 5) is 27.1. The lowest BCUT2D eigenvalue weighted by Gasteiger charge is -2.19. The minimum atomic E-state index is -0.433. The van der Waals surface area contributed by atoms with Gasteiger partial charge in [-0.25, -0.2) is 0 Å². The molecule has 1 saturated heterocycles. The third-order valence-electron chi connectivity index (χ3n) is 6.13. The van der Waals surface area contributed by atoms with E-state index < -0.39 is 5.92 Å². The number of carbonyl (C=O) groups is 2. The lowest BCUT2D eigenvalue weighted by molar-refractivity contribution is -0.122. The number of hydrogen-bond donors (Lipinski definition) is 1. The van der Waals surface area contributed by atoms with Crippen LogP contribution in [-0.4, -0.2) is 18.4 Å². The number of anilines is 2. The van der Waals surface area contributed by atoms with Gasteiger partial charge >= 0.3 is 0 Å². The lowest BCUT2D eigenvalue weighted by atomic mass is 10.1. The van der Waals surface area contributed by atoms with Crippen molar-refractivity contribution in [2.24, 2.45) is 5.92 Å². The summed E-state index contributed by atoms with van der Waals surface area (Å²) in [6.45, 7) is 2.20. The Morgan fingerprint density at radius 2 is 1.71 bits per heavy atom. The summed E-state index contributed by atoms with van der Waals surface area (Å²) < 4.78 is 6.07. The molecule has 1 fully saturated rings. The van der Waals surface area contributed by atoms with Gasteiger partial charge in [-0.05, 0) is 60.3 Å². The SMILES string of the molecule is Cc1c(Cl)cccc1N1C[C@@H](C(=O)Nc2ccc(Oc3cccc4ccccc34)cc2)CC1=O. The number of amides is 2. The van der Waals surface area contributed by atoms with Gasteiger partial charge in [0.1, 0.15) is 11.5 Å². The van der Waals surface area contributed by atoms with Crippen LogP contribution in [0.4, 0.5) is 11.4 Å². The topological polar surface area (TPSA) is 58.6 Å². The van der Waals surface area contributed by atoms with E-state index >= 15 is 0 Å². The molecule has 4 aromatic carbocycles. The average molecular weight is 471 g/mol. The zero-order chi connectivity index (χ0) is 23.7. The van der Waals surface area contributed by atoms with E-state index in [2.05, 4.69) is 5.32 Å². The van der Waals surface area contributed by atoms with Crippen molar-refractivity contribution in [3.63, 3.8) is 0 Å². The quantitative estimate of drug-likeness (QED) is 0.358. The fourth-order valence-corrected chi connectivity index (χ4v) is 4.44. The Hall–Kier alpha value is -3.83. The third kappa shape index (κ3) is 4.35. The van der Waals surface area contributed by atoms with Crippen LogP contribution >= 0.6 is 11.6 Å². The molecule has 5 nitrogen and oxygen atoms in total. The monoisotopic (exact) mass is 470 g/mol. The molecule has 1 aliphatic rings. The molecule has 1 atom stereocenters. The number of benzene rings is 4. The number of rotatable bonds is 5. The minimum absolute atomic E-state index is 0.0793. The number of nitrogens with one attached hydrogen (secondary N) is 1. The van der Waals surface area contributed by atoms with E-state index in [0.717, 1.165) is 27.8 Å². The summed E-state index contributed by atoms with van der Waals surface area (Å²) in [7, 11) is 0. The van der Waals surface area contributed by atoms with E-state index in [4.69, 9.17) is 16.3 Å². The van der Waals surface area contributed by atoms with E-state index in [-0.39, 0.29) is 18.2 Å². The Kier molecular flexibility index (Phi) is 5.95. The van der Waals surface area contributed by atoms with Gasteiger partial charge in [-0.3, -0.25) is 9.59 Å². The Morgan fingerprint density at radius 3 is 2.53 bits per heavy atom. The first-order chi connectivity index (χ1) is 16.5. The molecule has 1 heterocycles. The average Bonchev–Trinajstić information content (AvgIpc) is 3.24. The molecular weight excluding hydrogens is 448 g/mol. The van der Waals surface area contributed by atoms with Crippen LogP contribution < -0.4 is 15.0 Å². The van der Waals surface area contributed by atoms with Crippen molar-refractivity contribution >= 4 is 45.6 Å². The molecule has 1 N–H and O–H groups in total. The number of ether oxygens (including phenoxy) is 1. The molecule has 0 radical (unpaired) electrons. The second-order valence-corrected chi connectivity index (χ2v) is 8.79. The molecule has 0 aromatic heterocycles. The molecule has 34 heavy (non-hydrogen) atoms. The van der Waals surface area contributed by atoms with Gasteiger partial charge in [0.05, 0.1) is 5.92 Å². The predicted molar refractivity (Wildman–Crippen MR) is 136 cm³/mol. The summed E-state index contributed by atoms with van der Waals surface area (Å²) >= 11 is 6.21. The van der Waals surface area contributed by atoms with E-state index in [0.29, 0.717) is 23.0 Å². The Labute approximate surface area is 202 Å². The summed E-state index contributed by atoms with van der Waals surface area (Å²) in [6.07, 6.45) is 0.167. The zero-order valence-corrected chi connectivity index (χ0v) is 19.4. The van der Waals surface area contributed by atoms with Gasteiger partial charge in [0.15, 0.2) is 0 Å². The van der Waals surface area contributed by atoms with Crippen molar-refractivity contribution in [3.8, 4) is 11.5 Å². The zero-order valence-electron chi connectivity index (χ0n) is 18.6. The maximum absolute atomic E-state index is 12.9. The molecular formula is C28H23ClN2O3. The van der Waals surface area contributed by atoms with E-state index in [1.807, 2.05) is 73.7 Å². The maximum atomic E-state index is 12.9. The fourth-order valence-electron chi connectivity index (χ4n) is 4.27. The number of fused-ring (bicyclic) bond motifs is 1. The molecule has 5 rings (SSSR count). The van der Waals surface area contributed by atoms with Crippen molar-refractivity contribution in [2.75, 3.05) is 16.8 Å². The Morgan fingerprint density at radius 1 is 0.971 bits per heavy atom. The molecule has 0 bridgehead atoms. The van der Waals surface area contributed by atoms with Crippen molar-refractivity contribution in [1.82, 2.24) is 0 Å². The summed E-state index contributed by atoms with van der Waals surface area (Å²) in [6, 6.07) is 26.7. The highest BCUT2D eigenvalue weighted by Crippen LogP contribution is 2.33. The molecule has 0 unspecified atom stereocenters. The van der Waals surface area contributed by atoms with Crippen LogP contribution in [0, 0.1) is 12.8 Å². The van der Waals surface area contributed by atoms with Gasteiger partial charge in [0.2, 0.25) is 11.8 Å². The van der Waals surface area contributed by atoms with Crippen LogP contribution in [0.5, 0.6) is 11.5 Å². The molecule has 0 saturated carbocycles. The smallest absolute Gasteiger partial charge is 0.229 e.